The van der Waals surface area contributed by atoms with Gasteiger partial charge < -0.3 is 5.11 Å². The van der Waals surface area contributed by atoms with Crippen LogP contribution in [0, 0.1) is 11.3 Å². The number of hydrogen-bond donors (Lipinski definition) is 1. The average molecular weight is 316 g/mol. The van der Waals surface area contributed by atoms with Gasteiger partial charge in [0.05, 0.1) is 6.42 Å². The molecule has 0 radical (unpaired) electrons. The maximum absolute atomic E-state index is 11.2. The Morgan fingerprint density at radius 2 is 1.61 bits per heavy atom. The van der Waals surface area contributed by atoms with E-state index in [4.69, 9.17) is 0 Å². The van der Waals surface area contributed by atoms with E-state index in [0.717, 1.165) is 5.92 Å². The Labute approximate surface area is 141 Å². The number of rotatable bonds is 4. The van der Waals surface area contributed by atoms with E-state index in [1.165, 1.54) is 36.8 Å². The van der Waals surface area contributed by atoms with Crippen molar-refractivity contribution < 1.29 is 9.90 Å². The lowest BCUT2D eigenvalue weighted by Crippen LogP contribution is -2.27. The van der Waals surface area contributed by atoms with Crippen molar-refractivity contribution in [2.75, 3.05) is 0 Å². The molecule has 1 aliphatic carbocycles. The minimum absolute atomic E-state index is 0.182. The first-order chi connectivity index (χ1) is 10.6. The fourth-order valence-corrected chi connectivity index (χ4v) is 4.21. The Hall–Kier alpha value is -1.31. The average Bonchev–Trinajstić information content (AvgIpc) is 2.45. The highest BCUT2D eigenvalue weighted by molar-refractivity contribution is 5.69. The van der Waals surface area contributed by atoms with Gasteiger partial charge in [-0.2, -0.15) is 0 Å². The van der Waals surface area contributed by atoms with Gasteiger partial charge in [-0.3, -0.25) is 4.79 Å². The third-order valence-electron chi connectivity index (χ3n) is 5.67. The summed E-state index contributed by atoms with van der Waals surface area (Å²) < 4.78 is 0. The van der Waals surface area contributed by atoms with Gasteiger partial charge in [-0.15, -0.1) is 0 Å². The van der Waals surface area contributed by atoms with Gasteiger partial charge in [0.15, 0.2) is 0 Å². The van der Waals surface area contributed by atoms with Gasteiger partial charge in [-0.1, -0.05) is 58.9 Å². The normalized spacial score (nSPS) is 22.8. The number of aliphatic carboxylic acids is 1. The van der Waals surface area contributed by atoms with E-state index in [2.05, 4.69) is 52.8 Å². The monoisotopic (exact) mass is 316 g/mol. The number of carboxylic acid groups (broad SMARTS) is 1. The predicted octanol–water partition coefficient (Wildman–Crippen LogP) is 5.76. The van der Waals surface area contributed by atoms with Gasteiger partial charge in [0.2, 0.25) is 0 Å². The first-order valence-corrected chi connectivity index (χ1v) is 8.92. The third kappa shape index (κ3) is 4.37. The van der Waals surface area contributed by atoms with Crippen molar-refractivity contribution in [2.45, 2.75) is 78.1 Å². The fraction of sp³-hybridized carbons (Fsp3) is 0.667. The molecule has 2 nitrogen and oxygen atoms in total. The molecule has 23 heavy (non-hydrogen) atoms. The molecule has 2 rings (SSSR count). The second-order valence-electron chi connectivity index (χ2n) is 8.96. The minimum atomic E-state index is -0.721. The summed E-state index contributed by atoms with van der Waals surface area (Å²) in [6.45, 7) is 11.2. The quantitative estimate of drug-likeness (QED) is 0.767. The second-order valence-corrected chi connectivity index (χ2v) is 8.96. The van der Waals surface area contributed by atoms with Crippen LogP contribution in [0.3, 0.4) is 0 Å². The van der Waals surface area contributed by atoms with Crippen molar-refractivity contribution in [3.05, 3.63) is 35.4 Å². The number of benzene rings is 1. The molecular weight excluding hydrogens is 284 g/mol. The summed E-state index contributed by atoms with van der Waals surface area (Å²) >= 11 is 0. The van der Waals surface area contributed by atoms with Crippen LogP contribution in [-0.4, -0.2) is 11.1 Å². The Morgan fingerprint density at radius 1 is 1.04 bits per heavy atom. The maximum Gasteiger partial charge on any atom is 0.304 e. The Morgan fingerprint density at radius 3 is 2.13 bits per heavy atom. The van der Waals surface area contributed by atoms with Crippen LogP contribution < -0.4 is 0 Å². The van der Waals surface area contributed by atoms with E-state index < -0.39 is 5.97 Å². The Bertz CT molecular complexity index is 543. The van der Waals surface area contributed by atoms with Gasteiger partial charge in [-0.25, -0.2) is 0 Å². The van der Waals surface area contributed by atoms with Gasteiger partial charge in [-0.05, 0) is 54.1 Å². The van der Waals surface area contributed by atoms with Gasteiger partial charge in [0.1, 0.15) is 0 Å². The number of carboxylic acids is 1. The maximum atomic E-state index is 11.2. The molecule has 0 unspecified atom stereocenters. The van der Waals surface area contributed by atoms with Crippen LogP contribution in [0.1, 0.15) is 83.8 Å². The van der Waals surface area contributed by atoms with Crippen LogP contribution in [0.2, 0.25) is 0 Å². The highest BCUT2D eigenvalue weighted by atomic mass is 16.4. The minimum Gasteiger partial charge on any atom is -0.481 e. The molecule has 0 bridgehead atoms. The van der Waals surface area contributed by atoms with Crippen LogP contribution in [-0.2, 0) is 10.2 Å². The third-order valence-corrected chi connectivity index (χ3v) is 5.67. The second kappa shape index (κ2) is 6.67. The first-order valence-electron chi connectivity index (χ1n) is 8.92. The summed E-state index contributed by atoms with van der Waals surface area (Å²) in [6, 6.07) is 8.50. The summed E-state index contributed by atoms with van der Waals surface area (Å²) in [6.07, 6.45) is 5.19. The lowest BCUT2D eigenvalue weighted by atomic mass is 9.67. The van der Waals surface area contributed by atoms with Gasteiger partial charge in [0, 0.05) is 5.41 Å². The summed E-state index contributed by atoms with van der Waals surface area (Å²) in [5.41, 5.74) is 2.68. The molecule has 1 aromatic carbocycles. The van der Waals surface area contributed by atoms with Gasteiger partial charge >= 0.3 is 5.97 Å². The van der Waals surface area contributed by atoms with E-state index in [1.807, 2.05) is 6.07 Å². The molecule has 0 spiro atoms. The smallest absolute Gasteiger partial charge is 0.304 e. The van der Waals surface area contributed by atoms with Crippen molar-refractivity contribution >= 4 is 5.97 Å². The van der Waals surface area contributed by atoms with E-state index in [-0.39, 0.29) is 11.8 Å². The van der Waals surface area contributed by atoms with E-state index in [9.17, 15) is 9.90 Å². The lowest BCUT2D eigenvalue weighted by Gasteiger charge is -2.38. The first kappa shape index (κ1) is 18.0. The van der Waals surface area contributed by atoms with Crippen LogP contribution >= 0.6 is 0 Å². The predicted molar refractivity (Wildman–Crippen MR) is 95.9 cm³/mol. The Kier molecular flexibility index (Phi) is 5.23. The molecule has 0 aliphatic heterocycles. The van der Waals surface area contributed by atoms with Crippen LogP contribution in [0.25, 0.3) is 0 Å². The van der Waals surface area contributed by atoms with Crippen molar-refractivity contribution in [3.8, 4) is 0 Å². The van der Waals surface area contributed by atoms with Crippen LogP contribution in [0.15, 0.2) is 24.3 Å². The largest absolute Gasteiger partial charge is 0.481 e. The standard InChI is InChI=1S/C21H32O2/c1-20(2,3)16-12-10-15(11-13-16)17-8-6-7-9-18(17)21(4,5)14-19(22)23/h6-9,15-16H,10-14H2,1-5H3,(H,22,23). The zero-order chi connectivity index (χ0) is 17.3. The molecule has 1 fully saturated rings. The Balaban J connectivity index is 2.20. The fourth-order valence-electron chi connectivity index (χ4n) is 4.21. The zero-order valence-corrected chi connectivity index (χ0v) is 15.4. The van der Waals surface area contributed by atoms with E-state index in [0.29, 0.717) is 11.3 Å². The van der Waals surface area contributed by atoms with Crippen LogP contribution in [0.4, 0.5) is 0 Å². The molecular formula is C21H32O2. The highest BCUT2D eigenvalue weighted by Gasteiger charge is 2.33. The number of hydrogen-bond acceptors (Lipinski definition) is 1. The molecule has 0 amide bonds. The van der Waals surface area contributed by atoms with Gasteiger partial charge in [0.25, 0.3) is 0 Å². The lowest BCUT2D eigenvalue weighted by molar-refractivity contribution is -0.138. The molecule has 0 atom stereocenters. The summed E-state index contributed by atoms with van der Waals surface area (Å²) in [4.78, 5) is 11.2. The molecule has 0 heterocycles. The summed E-state index contributed by atoms with van der Waals surface area (Å²) in [5, 5.41) is 9.24. The number of carbonyl (C=O) groups is 1. The highest BCUT2D eigenvalue weighted by Crippen LogP contribution is 2.45. The molecule has 1 saturated carbocycles. The molecule has 2 heteroatoms. The topological polar surface area (TPSA) is 37.3 Å². The van der Waals surface area contributed by atoms with Crippen LogP contribution in [0.5, 0.6) is 0 Å². The summed E-state index contributed by atoms with van der Waals surface area (Å²) in [7, 11) is 0. The molecule has 1 aromatic rings. The van der Waals surface area contributed by atoms with Crippen molar-refractivity contribution in [1.82, 2.24) is 0 Å². The van der Waals surface area contributed by atoms with E-state index in [1.54, 1.807) is 0 Å². The molecule has 1 aliphatic rings. The SMILES string of the molecule is CC(C)(CC(=O)O)c1ccccc1C1CCC(C(C)(C)C)CC1. The molecule has 128 valence electrons. The van der Waals surface area contributed by atoms with Crippen molar-refractivity contribution in [2.24, 2.45) is 11.3 Å². The molecule has 1 N–H and O–H groups in total. The zero-order valence-electron chi connectivity index (χ0n) is 15.4. The molecule has 0 saturated heterocycles. The molecule has 0 aromatic heterocycles. The van der Waals surface area contributed by atoms with Crippen molar-refractivity contribution in [3.63, 3.8) is 0 Å². The van der Waals surface area contributed by atoms with Crippen molar-refractivity contribution in [1.29, 1.82) is 0 Å². The van der Waals surface area contributed by atoms with E-state index >= 15 is 0 Å². The summed E-state index contributed by atoms with van der Waals surface area (Å²) in [5.74, 6) is 0.664.